The van der Waals surface area contributed by atoms with Crippen molar-refractivity contribution < 1.29 is 0 Å². The van der Waals surface area contributed by atoms with Crippen molar-refractivity contribution in [1.29, 1.82) is 5.26 Å². The summed E-state index contributed by atoms with van der Waals surface area (Å²) in [4.78, 5) is 0. The molecule has 0 aromatic heterocycles. The standard InChI is InChI=1S/C6H10NP/c1-6(8)4-2-3-5-7/h1-4,8H2. The van der Waals surface area contributed by atoms with Crippen LogP contribution in [-0.4, -0.2) is 0 Å². The van der Waals surface area contributed by atoms with E-state index < -0.39 is 0 Å². The van der Waals surface area contributed by atoms with Crippen LogP contribution in [-0.2, 0) is 0 Å². The van der Waals surface area contributed by atoms with E-state index in [1.807, 2.05) is 0 Å². The van der Waals surface area contributed by atoms with E-state index in [-0.39, 0.29) is 0 Å². The van der Waals surface area contributed by atoms with Crippen LogP contribution in [0.3, 0.4) is 0 Å². The first-order valence-corrected chi connectivity index (χ1v) is 3.15. The lowest BCUT2D eigenvalue weighted by Crippen LogP contribution is -1.70. The first-order valence-electron chi connectivity index (χ1n) is 2.57. The minimum Gasteiger partial charge on any atom is -0.198 e. The molecule has 0 radical (unpaired) electrons. The third-order valence-corrected chi connectivity index (χ3v) is 1.08. The zero-order chi connectivity index (χ0) is 6.41. The lowest BCUT2D eigenvalue weighted by molar-refractivity contribution is 0.870. The Balaban J connectivity index is 2.97. The number of nitrogens with zero attached hydrogens (tertiary/aromatic N) is 1. The number of hydrogen-bond acceptors (Lipinski definition) is 1. The zero-order valence-electron chi connectivity index (χ0n) is 4.85. The summed E-state index contributed by atoms with van der Waals surface area (Å²) >= 11 is 0. The highest BCUT2D eigenvalue weighted by Gasteiger charge is 1.84. The van der Waals surface area contributed by atoms with Crippen molar-refractivity contribution in [2.24, 2.45) is 0 Å². The van der Waals surface area contributed by atoms with Gasteiger partial charge in [0.25, 0.3) is 0 Å². The molecule has 0 fully saturated rings. The second-order valence-corrected chi connectivity index (χ2v) is 2.49. The molecule has 0 spiro atoms. The SMILES string of the molecule is C=C(P)CCCC#N. The molecule has 0 aromatic carbocycles. The van der Waals surface area contributed by atoms with Gasteiger partial charge < -0.3 is 0 Å². The Labute approximate surface area is 52.6 Å². The van der Waals surface area contributed by atoms with Crippen molar-refractivity contribution in [1.82, 2.24) is 0 Å². The Morgan fingerprint density at radius 1 is 1.75 bits per heavy atom. The van der Waals surface area contributed by atoms with E-state index in [2.05, 4.69) is 21.9 Å². The van der Waals surface area contributed by atoms with Crippen LogP contribution in [0.2, 0.25) is 0 Å². The summed E-state index contributed by atoms with van der Waals surface area (Å²) in [6.45, 7) is 3.68. The molecule has 0 aliphatic rings. The van der Waals surface area contributed by atoms with Crippen LogP contribution in [0, 0.1) is 11.3 Å². The highest BCUT2D eigenvalue weighted by molar-refractivity contribution is 7.22. The van der Waals surface area contributed by atoms with Crippen LogP contribution in [0.1, 0.15) is 19.3 Å². The van der Waals surface area contributed by atoms with Crippen LogP contribution >= 0.6 is 9.24 Å². The molecule has 0 saturated heterocycles. The van der Waals surface area contributed by atoms with Gasteiger partial charge in [-0.1, -0.05) is 11.9 Å². The lowest BCUT2D eigenvalue weighted by Gasteiger charge is -1.90. The molecule has 0 aliphatic carbocycles. The number of allylic oxidation sites excluding steroid dienone is 1. The van der Waals surface area contributed by atoms with E-state index in [0.29, 0.717) is 6.42 Å². The first kappa shape index (κ1) is 7.66. The maximum atomic E-state index is 8.09. The van der Waals surface area contributed by atoms with Gasteiger partial charge in [0.2, 0.25) is 0 Å². The summed E-state index contributed by atoms with van der Waals surface area (Å²) in [6, 6.07) is 2.07. The molecule has 0 rings (SSSR count). The quantitative estimate of drug-likeness (QED) is 0.420. The topological polar surface area (TPSA) is 23.8 Å². The van der Waals surface area contributed by atoms with Gasteiger partial charge in [-0.2, -0.15) is 5.26 Å². The number of rotatable bonds is 3. The summed E-state index contributed by atoms with van der Waals surface area (Å²) < 4.78 is 0. The van der Waals surface area contributed by atoms with Crippen molar-refractivity contribution >= 4 is 9.24 Å². The molecule has 2 heteroatoms. The van der Waals surface area contributed by atoms with Crippen LogP contribution < -0.4 is 0 Å². The van der Waals surface area contributed by atoms with Gasteiger partial charge in [0, 0.05) is 6.42 Å². The van der Waals surface area contributed by atoms with Crippen molar-refractivity contribution in [2.75, 3.05) is 0 Å². The summed E-state index contributed by atoms with van der Waals surface area (Å²) in [5, 5.41) is 9.18. The molecule has 0 aliphatic heterocycles. The largest absolute Gasteiger partial charge is 0.198 e. The first-order chi connectivity index (χ1) is 3.77. The molecule has 0 saturated carbocycles. The fourth-order valence-electron chi connectivity index (χ4n) is 0.395. The van der Waals surface area contributed by atoms with Crippen molar-refractivity contribution in [3.8, 4) is 6.07 Å². The smallest absolute Gasteiger partial charge is 0.0621 e. The Kier molecular flexibility index (Phi) is 4.61. The molecular weight excluding hydrogens is 117 g/mol. The van der Waals surface area contributed by atoms with E-state index in [4.69, 9.17) is 5.26 Å². The van der Waals surface area contributed by atoms with Crippen molar-refractivity contribution in [3.63, 3.8) is 0 Å². The maximum absolute atomic E-state index is 8.09. The average Bonchev–Trinajstić information content (AvgIpc) is 1.66. The van der Waals surface area contributed by atoms with Crippen LogP contribution in [0.4, 0.5) is 0 Å². The maximum Gasteiger partial charge on any atom is 0.0621 e. The molecule has 1 unspecified atom stereocenters. The van der Waals surface area contributed by atoms with E-state index in [0.717, 1.165) is 18.2 Å². The highest BCUT2D eigenvalue weighted by atomic mass is 31.0. The van der Waals surface area contributed by atoms with Gasteiger partial charge in [-0.3, -0.25) is 0 Å². The molecule has 0 bridgehead atoms. The molecule has 0 amide bonds. The number of unbranched alkanes of at least 4 members (excludes halogenated alkanes) is 1. The van der Waals surface area contributed by atoms with Gasteiger partial charge in [0.15, 0.2) is 0 Å². The van der Waals surface area contributed by atoms with Crippen molar-refractivity contribution in [2.45, 2.75) is 19.3 Å². The predicted molar refractivity (Wildman–Crippen MR) is 38.3 cm³/mol. The minimum atomic E-state index is 0.646. The Bertz CT molecular complexity index is 112. The van der Waals surface area contributed by atoms with Gasteiger partial charge in [0.05, 0.1) is 6.07 Å². The number of hydrogen-bond donors (Lipinski definition) is 0. The van der Waals surface area contributed by atoms with E-state index in [1.54, 1.807) is 0 Å². The van der Waals surface area contributed by atoms with Gasteiger partial charge >= 0.3 is 0 Å². The van der Waals surface area contributed by atoms with E-state index >= 15 is 0 Å². The minimum absolute atomic E-state index is 0.646. The molecule has 1 atom stereocenters. The van der Waals surface area contributed by atoms with Gasteiger partial charge in [-0.15, -0.1) is 9.24 Å². The Hall–Kier alpha value is -0.340. The van der Waals surface area contributed by atoms with Gasteiger partial charge in [-0.25, -0.2) is 0 Å². The van der Waals surface area contributed by atoms with Crippen LogP contribution in [0.15, 0.2) is 11.9 Å². The highest BCUT2D eigenvalue weighted by Crippen LogP contribution is 2.10. The van der Waals surface area contributed by atoms with Gasteiger partial charge in [0.1, 0.15) is 0 Å². The molecule has 0 N–H and O–H groups in total. The summed E-state index contributed by atoms with van der Waals surface area (Å²) in [5.74, 6) is 0. The summed E-state index contributed by atoms with van der Waals surface area (Å²) in [7, 11) is 2.52. The second kappa shape index (κ2) is 4.81. The predicted octanol–water partition coefficient (Wildman–Crippen LogP) is 2.07. The fraction of sp³-hybridized carbons (Fsp3) is 0.500. The van der Waals surface area contributed by atoms with E-state index in [1.165, 1.54) is 0 Å². The van der Waals surface area contributed by atoms with Crippen LogP contribution in [0.25, 0.3) is 0 Å². The fourth-order valence-corrected chi connectivity index (χ4v) is 0.599. The Morgan fingerprint density at radius 3 is 2.75 bits per heavy atom. The average molecular weight is 127 g/mol. The molecule has 1 nitrogen and oxygen atoms in total. The van der Waals surface area contributed by atoms with E-state index in [9.17, 15) is 0 Å². The number of nitriles is 1. The molecule has 0 aromatic rings. The summed E-state index contributed by atoms with van der Waals surface area (Å²) in [5.41, 5.74) is 0. The third-order valence-electron chi connectivity index (χ3n) is 0.786. The van der Waals surface area contributed by atoms with Crippen molar-refractivity contribution in [3.05, 3.63) is 11.9 Å². The molecule has 8 heavy (non-hydrogen) atoms. The molecular formula is C6H10NP. The Morgan fingerprint density at radius 2 is 2.38 bits per heavy atom. The molecule has 0 heterocycles. The summed E-state index contributed by atoms with van der Waals surface area (Å²) in [6.07, 6.45) is 2.55. The second-order valence-electron chi connectivity index (χ2n) is 1.67. The monoisotopic (exact) mass is 127 g/mol. The third kappa shape index (κ3) is 5.66. The zero-order valence-corrected chi connectivity index (χ0v) is 6.01. The molecule has 44 valence electrons. The van der Waals surface area contributed by atoms with Crippen LogP contribution in [0.5, 0.6) is 0 Å². The normalized spacial score (nSPS) is 8.00. The lowest BCUT2D eigenvalue weighted by atomic mass is 10.2. The van der Waals surface area contributed by atoms with Gasteiger partial charge in [-0.05, 0) is 12.8 Å².